The van der Waals surface area contributed by atoms with Gasteiger partial charge in [0.15, 0.2) is 9.84 Å². The Hall–Kier alpha value is -0.990. The van der Waals surface area contributed by atoms with Crippen LogP contribution in [-0.2, 0) is 27.7 Å². The first kappa shape index (κ1) is 16.1. The lowest BCUT2D eigenvalue weighted by Gasteiger charge is -2.06. The van der Waals surface area contributed by atoms with Crippen LogP contribution in [0.25, 0.3) is 0 Å². The molecule has 1 heterocycles. The highest BCUT2D eigenvalue weighted by Gasteiger charge is 2.16. The van der Waals surface area contributed by atoms with Gasteiger partial charge in [-0.25, -0.2) is 8.42 Å². The first-order valence-corrected chi connectivity index (χ1v) is 7.97. The van der Waals surface area contributed by atoms with E-state index in [-0.39, 0.29) is 11.0 Å². The standard InChI is InChI=1S/C11H22N4O3S/c1-10(2)19(16,17)7-5-15-9-11(13-14-15)8-12-4-6-18-3/h9-10,12H,4-8H2,1-3H3. The number of sulfone groups is 1. The predicted molar refractivity (Wildman–Crippen MR) is 72.5 cm³/mol. The molecule has 0 aliphatic heterocycles. The molecule has 8 heteroatoms. The number of hydrogen-bond acceptors (Lipinski definition) is 6. The number of aryl methyl sites for hydroxylation is 1. The summed E-state index contributed by atoms with van der Waals surface area (Å²) in [5.41, 5.74) is 0.790. The molecule has 0 aromatic carbocycles. The highest BCUT2D eigenvalue weighted by molar-refractivity contribution is 7.91. The van der Waals surface area contributed by atoms with Crippen molar-refractivity contribution in [2.45, 2.75) is 32.2 Å². The number of ether oxygens (including phenoxy) is 1. The summed E-state index contributed by atoms with van der Waals surface area (Å²) < 4.78 is 29.8. The van der Waals surface area contributed by atoms with Gasteiger partial charge in [0.2, 0.25) is 0 Å². The Morgan fingerprint density at radius 3 is 2.84 bits per heavy atom. The van der Waals surface area contributed by atoms with Crippen LogP contribution in [0.2, 0.25) is 0 Å². The second-order valence-electron chi connectivity index (χ2n) is 4.56. The molecular formula is C11H22N4O3S. The SMILES string of the molecule is COCCNCc1cn(CCS(=O)(=O)C(C)C)nn1. The molecule has 0 aliphatic rings. The maximum atomic E-state index is 11.7. The average molecular weight is 290 g/mol. The topological polar surface area (TPSA) is 86.1 Å². The van der Waals surface area contributed by atoms with Crippen LogP contribution in [0.15, 0.2) is 6.20 Å². The van der Waals surface area contributed by atoms with Gasteiger partial charge in [0, 0.05) is 26.4 Å². The van der Waals surface area contributed by atoms with Crippen molar-refractivity contribution in [1.82, 2.24) is 20.3 Å². The lowest BCUT2D eigenvalue weighted by atomic mass is 10.4. The fraction of sp³-hybridized carbons (Fsp3) is 0.818. The minimum absolute atomic E-state index is 0.0879. The Balaban J connectivity index is 2.39. The quantitative estimate of drug-likeness (QED) is 0.636. The molecule has 0 radical (unpaired) electrons. The second kappa shape index (κ2) is 7.56. The maximum Gasteiger partial charge on any atom is 0.154 e. The van der Waals surface area contributed by atoms with E-state index in [0.29, 0.717) is 19.7 Å². The van der Waals surface area contributed by atoms with Crippen LogP contribution < -0.4 is 5.32 Å². The monoisotopic (exact) mass is 290 g/mol. The first-order chi connectivity index (χ1) is 8.95. The summed E-state index contributed by atoms with van der Waals surface area (Å²) in [5.74, 6) is 0.0879. The third kappa shape index (κ3) is 5.66. The molecule has 1 rings (SSSR count). The molecule has 110 valence electrons. The summed E-state index contributed by atoms with van der Waals surface area (Å²) in [6, 6.07) is 0. The van der Waals surface area contributed by atoms with E-state index in [4.69, 9.17) is 4.74 Å². The zero-order chi connectivity index (χ0) is 14.3. The predicted octanol–water partition coefficient (Wildman–Crippen LogP) is -0.163. The molecule has 0 saturated carbocycles. The molecule has 0 atom stereocenters. The van der Waals surface area contributed by atoms with Crippen molar-refractivity contribution >= 4 is 9.84 Å². The van der Waals surface area contributed by atoms with E-state index >= 15 is 0 Å². The Labute approximate surface area is 114 Å². The third-order valence-corrected chi connectivity index (χ3v) is 4.89. The fourth-order valence-corrected chi connectivity index (χ4v) is 2.29. The Morgan fingerprint density at radius 2 is 2.21 bits per heavy atom. The van der Waals surface area contributed by atoms with E-state index in [0.717, 1.165) is 12.2 Å². The van der Waals surface area contributed by atoms with Gasteiger partial charge in [-0.15, -0.1) is 5.10 Å². The van der Waals surface area contributed by atoms with Crippen molar-refractivity contribution in [2.75, 3.05) is 26.0 Å². The molecule has 1 N–H and O–H groups in total. The van der Waals surface area contributed by atoms with Crippen LogP contribution in [-0.4, -0.2) is 54.7 Å². The van der Waals surface area contributed by atoms with Crippen molar-refractivity contribution in [2.24, 2.45) is 0 Å². The molecule has 0 bridgehead atoms. The van der Waals surface area contributed by atoms with Gasteiger partial charge < -0.3 is 10.1 Å². The summed E-state index contributed by atoms with van der Waals surface area (Å²) in [5, 5.41) is 10.7. The number of nitrogens with zero attached hydrogens (tertiary/aromatic N) is 3. The van der Waals surface area contributed by atoms with Gasteiger partial charge in [-0.05, 0) is 13.8 Å². The number of hydrogen-bond donors (Lipinski definition) is 1. The van der Waals surface area contributed by atoms with Crippen molar-refractivity contribution in [3.63, 3.8) is 0 Å². The average Bonchev–Trinajstić information content (AvgIpc) is 2.80. The Morgan fingerprint density at radius 1 is 1.47 bits per heavy atom. The van der Waals surface area contributed by atoms with E-state index in [1.165, 1.54) is 0 Å². The summed E-state index contributed by atoms with van der Waals surface area (Å²) in [7, 11) is -1.39. The van der Waals surface area contributed by atoms with Crippen molar-refractivity contribution < 1.29 is 13.2 Å². The minimum atomic E-state index is -3.03. The molecule has 0 aliphatic carbocycles. The molecular weight excluding hydrogens is 268 g/mol. The molecule has 7 nitrogen and oxygen atoms in total. The van der Waals surface area contributed by atoms with Crippen molar-refractivity contribution in [3.8, 4) is 0 Å². The largest absolute Gasteiger partial charge is 0.383 e. The third-order valence-electron chi connectivity index (χ3n) is 2.70. The van der Waals surface area contributed by atoms with Crippen LogP contribution >= 0.6 is 0 Å². The summed E-state index contributed by atoms with van der Waals surface area (Å²) in [6.45, 7) is 5.68. The summed E-state index contributed by atoms with van der Waals surface area (Å²) >= 11 is 0. The molecule has 0 saturated heterocycles. The van der Waals surface area contributed by atoms with Crippen LogP contribution in [0, 0.1) is 0 Å². The molecule has 0 amide bonds. The smallest absolute Gasteiger partial charge is 0.154 e. The van der Waals surface area contributed by atoms with Gasteiger partial charge in [-0.1, -0.05) is 5.21 Å². The molecule has 1 aromatic heterocycles. The van der Waals surface area contributed by atoms with E-state index in [1.807, 2.05) is 0 Å². The van der Waals surface area contributed by atoms with Gasteiger partial charge in [0.05, 0.1) is 29.8 Å². The van der Waals surface area contributed by atoms with Gasteiger partial charge in [0.1, 0.15) is 0 Å². The first-order valence-electron chi connectivity index (χ1n) is 6.26. The second-order valence-corrected chi connectivity index (χ2v) is 7.24. The van der Waals surface area contributed by atoms with Gasteiger partial charge in [0.25, 0.3) is 0 Å². The summed E-state index contributed by atoms with van der Waals surface area (Å²) in [6.07, 6.45) is 1.76. The molecule has 0 unspecified atom stereocenters. The van der Waals surface area contributed by atoms with E-state index < -0.39 is 9.84 Å². The maximum absolute atomic E-state index is 11.7. The molecule has 0 spiro atoms. The lowest BCUT2D eigenvalue weighted by Crippen LogP contribution is -2.21. The van der Waals surface area contributed by atoms with Crippen LogP contribution in [0.4, 0.5) is 0 Å². The van der Waals surface area contributed by atoms with Crippen molar-refractivity contribution in [1.29, 1.82) is 0 Å². The Kier molecular flexibility index (Phi) is 6.40. The van der Waals surface area contributed by atoms with Crippen LogP contribution in [0.3, 0.4) is 0 Å². The number of rotatable bonds is 9. The minimum Gasteiger partial charge on any atom is -0.383 e. The van der Waals surface area contributed by atoms with Gasteiger partial charge in [-0.3, -0.25) is 4.68 Å². The van der Waals surface area contributed by atoms with Crippen LogP contribution in [0.5, 0.6) is 0 Å². The van der Waals surface area contributed by atoms with Crippen molar-refractivity contribution in [3.05, 3.63) is 11.9 Å². The number of nitrogens with one attached hydrogen (secondary N) is 1. The highest BCUT2D eigenvalue weighted by atomic mass is 32.2. The Bertz CT molecular complexity index is 470. The van der Waals surface area contributed by atoms with E-state index in [9.17, 15) is 8.42 Å². The zero-order valence-electron chi connectivity index (χ0n) is 11.7. The van der Waals surface area contributed by atoms with Gasteiger partial charge >= 0.3 is 0 Å². The number of methoxy groups -OCH3 is 1. The molecule has 0 fully saturated rings. The summed E-state index contributed by atoms with van der Waals surface area (Å²) in [4.78, 5) is 0. The highest BCUT2D eigenvalue weighted by Crippen LogP contribution is 2.02. The molecule has 19 heavy (non-hydrogen) atoms. The number of aromatic nitrogens is 3. The van der Waals surface area contributed by atoms with Gasteiger partial charge in [-0.2, -0.15) is 0 Å². The van der Waals surface area contributed by atoms with Crippen LogP contribution in [0.1, 0.15) is 19.5 Å². The molecule has 1 aromatic rings. The van der Waals surface area contributed by atoms with E-state index in [1.54, 1.807) is 31.8 Å². The zero-order valence-corrected chi connectivity index (χ0v) is 12.5. The lowest BCUT2D eigenvalue weighted by molar-refractivity contribution is 0.199. The normalized spacial score (nSPS) is 12.2. The fourth-order valence-electron chi connectivity index (χ4n) is 1.38. The van der Waals surface area contributed by atoms with E-state index in [2.05, 4.69) is 15.6 Å².